The standard InChI is InChI=1S/C21H23FN2O3S/c1-3-15(2)23-21(25)13-24-12-20(17-9-5-7-11-19(17)24)28(26,27)14-16-8-4-6-10-18(16)22/h4-12,15H,3,13-14H2,1-2H3,(H,23,25). The zero-order valence-corrected chi connectivity index (χ0v) is 16.7. The quantitative estimate of drug-likeness (QED) is 0.656. The summed E-state index contributed by atoms with van der Waals surface area (Å²) >= 11 is 0. The number of nitrogens with zero attached hydrogens (tertiary/aromatic N) is 1. The van der Waals surface area contributed by atoms with Gasteiger partial charge in [-0.3, -0.25) is 4.79 Å². The number of carbonyl (C=O) groups excluding carboxylic acids is 1. The van der Waals surface area contributed by atoms with Crippen molar-refractivity contribution in [1.82, 2.24) is 9.88 Å². The van der Waals surface area contributed by atoms with E-state index in [1.807, 2.05) is 13.8 Å². The van der Waals surface area contributed by atoms with Crippen LogP contribution in [0.5, 0.6) is 0 Å². The molecule has 0 spiro atoms. The second kappa shape index (κ2) is 8.14. The Kier molecular flexibility index (Phi) is 5.84. The van der Waals surface area contributed by atoms with E-state index in [9.17, 15) is 17.6 Å². The highest BCUT2D eigenvalue weighted by Gasteiger charge is 2.23. The summed E-state index contributed by atoms with van der Waals surface area (Å²) in [7, 11) is -3.80. The molecule has 0 saturated carbocycles. The van der Waals surface area contributed by atoms with Gasteiger partial charge in [-0.2, -0.15) is 0 Å². The molecule has 5 nitrogen and oxygen atoms in total. The number of hydrogen-bond donors (Lipinski definition) is 1. The van der Waals surface area contributed by atoms with Gasteiger partial charge in [-0.05, 0) is 25.5 Å². The van der Waals surface area contributed by atoms with Gasteiger partial charge in [0, 0.05) is 28.7 Å². The number of para-hydroxylation sites is 1. The minimum atomic E-state index is -3.80. The number of benzene rings is 2. The van der Waals surface area contributed by atoms with Crippen LogP contribution in [0.4, 0.5) is 4.39 Å². The van der Waals surface area contributed by atoms with Crippen LogP contribution in [-0.4, -0.2) is 24.9 Å². The molecule has 1 aromatic heterocycles. The lowest BCUT2D eigenvalue weighted by Crippen LogP contribution is -2.34. The molecule has 148 valence electrons. The molecule has 0 saturated heterocycles. The third-order valence-corrected chi connectivity index (χ3v) is 6.41. The third-order valence-electron chi connectivity index (χ3n) is 4.72. The zero-order chi connectivity index (χ0) is 20.3. The van der Waals surface area contributed by atoms with Crippen LogP contribution in [0.15, 0.2) is 59.6 Å². The summed E-state index contributed by atoms with van der Waals surface area (Å²) < 4.78 is 41.6. The molecule has 0 aliphatic rings. The Morgan fingerprint density at radius 1 is 1.14 bits per heavy atom. The van der Waals surface area contributed by atoms with Crippen LogP contribution in [0.25, 0.3) is 10.9 Å². The van der Waals surface area contributed by atoms with E-state index in [0.29, 0.717) is 10.9 Å². The fraction of sp³-hybridized carbons (Fsp3) is 0.286. The number of fused-ring (bicyclic) bond motifs is 1. The number of halogens is 1. The van der Waals surface area contributed by atoms with Crippen molar-refractivity contribution in [2.75, 3.05) is 0 Å². The molecule has 0 aliphatic carbocycles. The molecule has 0 aliphatic heterocycles. The molecular weight excluding hydrogens is 379 g/mol. The minimum absolute atomic E-state index is 0.0140. The van der Waals surface area contributed by atoms with E-state index in [2.05, 4.69) is 5.32 Å². The van der Waals surface area contributed by atoms with Gasteiger partial charge in [-0.25, -0.2) is 12.8 Å². The Morgan fingerprint density at radius 3 is 2.54 bits per heavy atom. The zero-order valence-electron chi connectivity index (χ0n) is 15.9. The van der Waals surface area contributed by atoms with Crippen LogP contribution in [-0.2, 0) is 26.9 Å². The highest BCUT2D eigenvalue weighted by atomic mass is 32.2. The lowest BCUT2D eigenvalue weighted by atomic mass is 10.2. The van der Waals surface area contributed by atoms with E-state index in [4.69, 9.17) is 0 Å². The predicted molar refractivity (Wildman–Crippen MR) is 107 cm³/mol. The molecule has 3 rings (SSSR count). The number of carbonyl (C=O) groups is 1. The average Bonchev–Trinajstić information content (AvgIpc) is 3.03. The molecule has 1 heterocycles. The summed E-state index contributed by atoms with van der Waals surface area (Å²) in [5.74, 6) is -1.18. The number of amides is 1. The van der Waals surface area contributed by atoms with Gasteiger partial charge in [0.1, 0.15) is 12.4 Å². The van der Waals surface area contributed by atoms with E-state index in [0.717, 1.165) is 6.42 Å². The van der Waals surface area contributed by atoms with E-state index >= 15 is 0 Å². The smallest absolute Gasteiger partial charge is 0.240 e. The van der Waals surface area contributed by atoms with E-state index in [-0.39, 0.29) is 29.0 Å². The lowest BCUT2D eigenvalue weighted by molar-refractivity contribution is -0.122. The topological polar surface area (TPSA) is 68.2 Å². The van der Waals surface area contributed by atoms with Crippen LogP contribution in [0, 0.1) is 5.82 Å². The number of hydrogen-bond acceptors (Lipinski definition) is 3. The van der Waals surface area contributed by atoms with Gasteiger partial charge in [-0.1, -0.05) is 43.3 Å². The van der Waals surface area contributed by atoms with Crippen LogP contribution in [0.3, 0.4) is 0 Å². The molecule has 1 unspecified atom stereocenters. The van der Waals surface area contributed by atoms with Gasteiger partial charge in [0.25, 0.3) is 0 Å². The first kappa shape index (κ1) is 20.1. The molecule has 0 bridgehead atoms. The maximum absolute atomic E-state index is 14.0. The van der Waals surface area contributed by atoms with Crippen molar-refractivity contribution in [2.45, 2.75) is 43.5 Å². The summed E-state index contributed by atoms with van der Waals surface area (Å²) in [6.07, 6.45) is 2.28. The monoisotopic (exact) mass is 402 g/mol. The number of rotatable bonds is 7. The summed E-state index contributed by atoms with van der Waals surface area (Å²) in [6.45, 7) is 3.90. The van der Waals surface area contributed by atoms with Gasteiger partial charge >= 0.3 is 0 Å². The molecule has 28 heavy (non-hydrogen) atoms. The average molecular weight is 402 g/mol. The fourth-order valence-electron chi connectivity index (χ4n) is 3.07. The maximum atomic E-state index is 14.0. The van der Waals surface area contributed by atoms with Crippen LogP contribution in [0.2, 0.25) is 0 Å². The van der Waals surface area contributed by atoms with Crippen molar-refractivity contribution in [3.05, 3.63) is 66.1 Å². The van der Waals surface area contributed by atoms with E-state index in [1.54, 1.807) is 34.9 Å². The van der Waals surface area contributed by atoms with Gasteiger partial charge in [0.15, 0.2) is 9.84 Å². The van der Waals surface area contributed by atoms with Crippen molar-refractivity contribution >= 4 is 26.6 Å². The van der Waals surface area contributed by atoms with Crippen molar-refractivity contribution in [3.8, 4) is 0 Å². The van der Waals surface area contributed by atoms with E-state index < -0.39 is 21.4 Å². The summed E-state index contributed by atoms with van der Waals surface area (Å²) in [4.78, 5) is 12.4. The van der Waals surface area contributed by atoms with Gasteiger partial charge in [-0.15, -0.1) is 0 Å². The second-order valence-corrected chi connectivity index (χ2v) is 8.82. The van der Waals surface area contributed by atoms with Crippen molar-refractivity contribution in [1.29, 1.82) is 0 Å². The van der Waals surface area contributed by atoms with Crippen LogP contribution in [0.1, 0.15) is 25.8 Å². The maximum Gasteiger partial charge on any atom is 0.240 e. The van der Waals surface area contributed by atoms with Crippen LogP contribution < -0.4 is 5.32 Å². The molecule has 1 atom stereocenters. The SMILES string of the molecule is CCC(C)NC(=O)Cn1cc(S(=O)(=O)Cc2ccccc2F)c2ccccc21. The number of nitrogens with one attached hydrogen (secondary N) is 1. The first-order valence-corrected chi connectivity index (χ1v) is 10.8. The Morgan fingerprint density at radius 2 is 1.82 bits per heavy atom. The van der Waals surface area contributed by atoms with Crippen molar-refractivity contribution < 1.29 is 17.6 Å². The van der Waals surface area contributed by atoms with Crippen LogP contribution >= 0.6 is 0 Å². The third kappa shape index (κ3) is 4.25. The van der Waals surface area contributed by atoms with E-state index in [1.165, 1.54) is 24.4 Å². The Bertz CT molecular complexity index is 1110. The molecule has 2 aromatic carbocycles. The van der Waals surface area contributed by atoms with Crippen molar-refractivity contribution in [2.24, 2.45) is 0 Å². The minimum Gasteiger partial charge on any atom is -0.352 e. The number of sulfone groups is 1. The molecule has 3 aromatic rings. The first-order valence-electron chi connectivity index (χ1n) is 9.15. The van der Waals surface area contributed by atoms with Crippen molar-refractivity contribution in [3.63, 3.8) is 0 Å². The summed E-state index contributed by atoms with van der Waals surface area (Å²) in [6, 6.07) is 12.9. The summed E-state index contributed by atoms with van der Waals surface area (Å²) in [5, 5.41) is 3.40. The Hall–Kier alpha value is -2.67. The first-order chi connectivity index (χ1) is 13.3. The summed E-state index contributed by atoms with van der Waals surface area (Å²) in [5.41, 5.74) is 0.766. The predicted octanol–water partition coefficient (Wildman–Crippen LogP) is 3.67. The molecule has 0 fully saturated rings. The molecule has 0 radical (unpaired) electrons. The largest absolute Gasteiger partial charge is 0.352 e. The number of aromatic nitrogens is 1. The fourth-order valence-corrected chi connectivity index (χ4v) is 4.66. The Labute approximate surface area is 164 Å². The highest BCUT2D eigenvalue weighted by Crippen LogP contribution is 2.28. The van der Waals surface area contributed by atoms with Gasteiger partial charge in [0.2, 0.25) is 5.91 Å². The van der Waals surface area contributed by atoms with Gasteiger partial charge < -0.3 is 9.88 Å². The molecule has 1 amide bonds. The normalized spacial score (nSPS) is 12.8. The highest BCUT2D eigenvalue weighted by molar-refractivity contribution is 7.90. The molecule has 7 heteroatoms. The lowest BCUT2D eigenvalue weighted by Gasteiger charge is -2.12. The Balaban J connectivity index is 1.98. The molecular formula is C21H23FN2O3S. The molecule has 1 N–H and O–H groups in total. The second-order valence-electron chi connectivity index (χ2n) is 6.87. The van der Waals surface area contributed by atoms with Gasteiger partial charge in [0.05, 0.1) is 10.6 Å².